The molecule has 94 valence electrons. The van der Waals surface area contributed by atoms with Crippen LogP contribution in [0.5, 0.6) is 0 Å². The SMILES string of the molecule is Cc1cc2nnc(-c3ccc(F)cc3)n2cc1C=O. The first kappa shape index (κ1) is 11.5. The van der Waals surface area contributed by atoms with E-state index in [1.54, 1.807) is 28.8 Å². The monoisotopic (exact) mass is 255 g/mol. The zero-order valence-electron chi connectivity index (χ0n) is 10.2. The quantitative estimate of drug-likeness (QED) is 0.661. The molecule has 0 radical (unpaired) electrons. The molecule has 0 amide bonds. The number of fused-ring (bicyclic) bond motifs is 1. The van der Waals surface area contributed by atoms with Crippen LogP contribution in [-0.4, -0.2) is 20.9 Å². The first-order valence-corrected chi connectivity index (χ1v) is 5.75. The third-order valence-electron chi connectivity index (χ3n) is 3.02. The van der Waals surface area contributed by atoms with Crippen molar-refractivity contribution >= 4 is 11.9 Å². The van der Waals surface area contributed by atoms with Gasteiger partial charge in [-0.05, 0) is 42.8 Å². The van der Waals surface area contributed by atoms with E-state index in [0.29, 0.717) is 17.0 Å². The van der Waals surface area contributed by atoms with Crippen LogP contribution in [0.4, 0.5) is 4.39 Å². The number of aldehydes is 1. The highest BCUT2D eigenvalue weighted by Crippen LogP contribution is 2.20. The van der Waals surface area contributed by atoms with Crippen LogP contribution in [-0.2, 0) is 0 Å². The average Bonchev–Trinajstić information content (AvgIpc) is 2.81. The van der Waals surface area contributed by atoms with E-state index in [4.69, 9.17) is 0 Å². The maximum atomic E-state index is 12.9. The standard InChI is InChI=1S/C14H10FN3O/c1-9-6-13-16-17-14(18(13)7-11(9)8-19)10-2-4-12(15)5-3-10/h2-8H,1H3. The normalized spacial score (nSPS) is 10.8. The lowest BCUT2D eigenvalue weighted by Crippen LogP contribution is -1.95. The highest BCUT2D eigenvalue weighted by molar-refractivity contribution is 5.78. The summed E-state index contributed by atoms with van der Waals surface area (Å²) >= 11 is 0. The number of aryl methyl sites for hydroxylation is 1. The molecule has 2 heterocycles. The summed E-state index contributed by atoms with van der Waals surface area (Å²) in [6, 6.07) is 7.79. The van der Waals surface area contributed by atoms with Crippen molar-refractivity contribution in [3.8, 4) is 11.4 Å². The first-order valence-electron chi connectivity index (χ1n) is 5.75. The second-order valence-electron chi connectivity index (χ2n) is 4.29. The molecule has 3 aromatic rings. The molecule has 0 aliphatic heterocycles. The van der Waals surface area contributed by atoms with Crippen LogP contribution in [0.2, 0.25) is 0 Å². The van der Waals surface area contributed by atoms with Gasteiger partial charge in [0.05, 0.1) is 0 Å². The number of halogens is 1. The van der Waals surface area contributed by atoms with Gasteiger partial charge in [-0.1, -0.05) is 0 Å². The molecule has 0 saturated carbocycles. The molecule has 1 aromatic carbocycles. The Balaban J connectivity index is 2.24. The minimum Gasteiger partial charge on any atom is -0.298 e. The molecule has 0 N–H and O–H groups in total. The first-order chi connectivity index (χ1) is 9.19. The second-order valence-corrected chi connectivity index (χ2v) is 4.29. The highest BCUT2D eigenvalue weighted by atomic mass is 19.1. The smallest absolute Gasteiger partial charge is 0.168 e. The Bertz CT molecular complexity index is 762. The van der Waals surface area contributed by atoms with E-state index in [-0.39, 0.29) is 5.82 Å². The number of nitrogens with zero attached hydrogens (tertiary/aromatic N) is 3. The average molecular weight is 255 g/mol. The van der Waals surface area contributed by atoms with Crippen molar-refractivity contribution in [3.63, 3.8) is 0 Å². The van der Waals surface area contributed by atoms with Crippen LogP contribution in [0.3, 0.4) is 0 Å². The van der Waals surface area contributed by atoms with Crippen LogP contribution in [0.25, 0.3) is 17.0 Å². The molecular weight excluding hydrogens is 245 g/mol. The van der Waals surface area contributed by atoms with E-state index in [0.717, 1.165) is 17.4 Å². The number of aromatic nitrogens is 3. The lowest BCUT2D eigenvalue weighted by molar-refractivity contribution is 0.112. The Hall–Kier alpha value is -2.56. The van der Waals surface area contributed by atoms with E-state index < -0.39 is 0 Å². The number of carbonyl (C=O) groups excluding carboxylic acids is 1. The van der Waals surface area contributed by atoms with E-state index in [2.05, 4.69) is 10.2 Å². The lowest BCUT2D eigenvalue weighted by Gasteiger charge is -2.03. The fraction of sp³-hybridized carbons (Fsp3) is 0.0714. The molecule has 4 nitrogen and oxygen atoms in total. The number of hydrogen-bond acceptors (Lipinski definition) is 3. The molecule has 0 saturated heterocycles. The Morgan fingerprint density at radius 3 is 2.63 bits per heavy atom. The molecule has 5 heteroatoms. The summed E-state index contributed by atoms with van der Waals surface area (Å²) in [7, 11) is 0. The van der Waals surface area contributed by atoms with Crippen LogP contribution in [0.15, 0.2) is 36.5 Å². The number of rotatable bonds is 2. The minimum absolute atomic E-state index is 0.304. The fourth-order valence-electron chi connectivity index (χ4n) is 1.97. The fourth-order valence-corrected chi connectivity index (χ4v) is 1.97. The van der Waals surface area contributed by atoms with Crippen molar-refractivity contribution in [2.45, 2.75) is 6.92 Å². The molecular formula is C14H10FN3O. The second kappa shape index (κ2) is 4.28. The van der Waals surface area contributed by atoms with Gasteiger partial charge < -0.3 is 0 Å². The number of benzene rings is 1. The van der Waals surface area contributed by atoms with Crippen molar-refractivity contribution in [2.24, 2.45) is 0 Å². The van der Waals surface area contributed by atoms with Gasteiger partial charge in [0, 0.05) is 17.3 Å². The van der Waals surface area contributed by atoms with Gasteiger partial charge in [0.25, 0.3) is 0 Å². The van der Waals surface area contributed by atoms with E-state index >= 15 is 0 Å². The molecule has 0 aliphatic rings. The predicted octanol–water partition coefficient (Wildman–Crippen LogP) is 2.66. The van der Waals surface area contributed by atoms with Crippen molar-refractivity contribution < 1.29 is 9.18 Å². The molecule has 0 atom stereocenters. The molecule has 19 heavy (non-hydrogen) atoms. The summed E-state index contributed by atoms with van der Waals surface area (Å²) in [4.78, 5) is 11.0. The van der Waals surface area contributed by atoms with Crippen molar-refractivity contribution in [2.75, 3.05) is 0 Å². The van der Waals surface area contributed by atoms with E-state index in [1.165, 1.54) is 12.1 Å². The Morgan fingerprint density at radius 2 is 1.95 bits per heavy atom. The Labute approximate surface area is 108 Å². The molecule has 0 fully saturated rings. The van der Waals surface area contributed by atoms with Gasteiger partial charge in [-0.3, -0.25) is 9.20 Å². The van der Waals surface area contributed by atoms with Crippen LogP contribution < -0.4 is 0 Å². The van der Waals surface area contributed by atoms with Gasteiger partial charge in [-0.25, -0.2) is 4.39 Å². The summed E-state index contributed by atoms with van der Waals surface area (Å²) in [6.07, 6.45) is 2.49. The summed E-state index contributed by atoms with van der Waals surface area (Å²) in [5, 5.41) is 8.14. The van der Waals surface area contributed by atoms with Gasteiger partial charge in [0.1, 0.15) is 5.82 Å². The van der Waals surface area contributed by atoms with Gasteiger partial charge in [0.15, 0.2) is 17.8 Å². The molecule has 0 aliphatic carbocycles. The molecule has 0 spiro atoms. The molecule has 0 unspecified atom stereocenters. The maximum absolute atomic E-state index is 12.9. The largest absolute Gasteiger partial charge is 0.298 e. The van der Waals surface area contributed by atoms with Gasteiger partial charge >= 0.3 is 0 Å². The predicted molar refractivity (Wildman–Crippen MR) is 68.5 cm³/mol. The lowest BCUT2D eigenvalue weighted by atomic mass is 10.1. The summed E-state index contributed by atoms with van der Waals surface area (Å²) in [5.41, 5.74) is 2.83. The van der Waals surface area contributed by atoms with Crippen LogP contribution in [0.1, 0.15) is 15.9 Å². The number of pyridine rings is 1. The molecule has 2 aromatic heterocycles. The van der Waals surface area contributed by atoms with Crippen molar-refractivity contribution in [1.82, 2.24) is 14.6 Å². The highest BCUT2D eigenvalue weighted by Gasteiger charge is 2.10. The zero-order valence-corrected chi connectivity index (χ0v) is 10.2. The van der Waals surface area contributed by atoms with Crippen LogP contribution >= 0.6 is 0 Å². The Morgan fingerprint density at radius 1 is 1.21 bits per heavy atom. The van der Waals surface area contributed by atoms with Crippen LogP contribution in [0, 0.1) is 12.7 Å². The summed E-state index contributed by atoms with van der Waals surface area (Å²) in [6.45, 7) is 1.84. The molecule has 3 rings (SSSR count). The van der Waals surface area contributed by atoms with E-state index in [1.807, 2.05) is 6.92 Å². The summed E-state index contributed by atoms with van der Waals surface area (Å²) < 4.78 is 14.7. The minimum atomic E-state index is -0.304. The number of hydrogen-bond donors (Lipinski definition) is 0. The third-order valence-corrected chi connectivity index (χ3v) is 3.02. The van der Waals surface area contributed by atoms with Gasteiger partial charge in [-0.15, -0.1) is 10.2 Å². The number of carbonyl (C=O) groups is 1. The topological polar surface area (TPSA) is 47.3 Å². The summed E-state index contributed by atoms with van der Waals surface area (Å²) in [5.74, 6) is 0.278. The van der Waals surface area contributed by atoms with Crippen molar-refractivity contribution in [1.29, 1.82) is 0 Å². The third kappa shape index (κ3) is 1.89. The molecule has 0 bridgehead atoms. The van der Waals surface area contributed by atoms with Gasteiger partial charge in [-0.2, -0.15) is 0 Å². The Kier molecular flexibility index (Phi) is 2.59. The maximum Gasteiger partial charge on any atom is 0.168 e. The van der Waals surface area contributed by atoms with E-state index in [9.17, 15) is 9.18 Å². The zero-order chi connectivity index (χ0) is 13.4. The van der Waals surface area contributed by atoms with Gasteiger partial charge in [0.2, 0.25) is 0 Å². The van der Waals surface area contributed by atoms with Crippen molar-refractivity contribution in [3.05, 3.63) is 53.5 Å².